The standard InChI is InChI=1S/C23H26N2O4S/c1-4-25(17(2)3)20-12-10-19(11-13-20)24-23(26)22-18(14-15-29-22)16-30(27,28)21-8-6-5-7-9-21/h5-15,17H,4,16H2,1-3H3,(H,24,26). The second-order valence-electron chi connectivity index (χ2n) is 7.23. The first-order valence-corrected chi connectivity index (χ1v) is 11.5. The predicted molar refractivity (Wildman–Crippen MR) is 119 cm³/mol. The number of hydrogen-bond donors (Lipinski definition) is 1. The molecule has 0 atom stereocenters. The fraction of sp³-hybridized carbons (Fsp3) is 0.261. The van der Waals surface area contributed by atoms with Crippen LogP contribution in [0.5, 0.6) is 0 Å². The van der Waals surface area contributed by atoms with E-state index in [1.54, 1.807) is 18.2 Å². The lowest BCUT2D eigenvalue weighted by Crippen LogP contribution is -2.30. The van der Waals surface area contributed by atoms with Crippen LogP contribution in [0.3, 0.4) is 0 Å². The average Bonchev–Trinajstić information content (AvgIpc) is 3.18. The topological polar surface area (TPSA) is 79.6 Å². The maximum Gasteiger partial charge on any atom is 0.291 e. The van der Waals surface area contributed by atoms with Crippen LogP contribution in [-0.2, 0) is 15.6 Å². The van der Waals surface area contributed by atoms with Crippen LogP contribution in [0.4, 0.5) is 11.4 Å². The molecule has 1 heterocycles. The van der Waals surface area contributed by atoms with Gasteiger partial charge in [0.2, 0.25) is 0 Å². The Balaban J connectivity index is 1.74. The van der Waals surface area contributed by atoms with Gasteiger partial charge in [0.25, 0.3) is 5.91 Å². The summed E-state index contributed by atoms with van der Waals surface area (Å²) in [5.41, 5.74) is 2.00. The van der Waals surface area contributed by atoms with E-state index in [4.69, 9.17) is 4.42 Å². The van der Waals surface area contributed by atoms with Crippen LogP contribution >= 0.6 is 0 Å². The van der Waals surface area contributed by atoms with Crippen LogP contribution in [0.25, 0.3) is 0 Å². The molecule has 0 aliphatic carbocycles. The molecule has 0 saturated heterocycles. The number of sulfone groups is 1. The van der Waals surface area contributed by atoms with E-state index in [-0.39, 0.29) is 16.4 Å². The Morgan fingerprint density at radius 1 is 1.03 bits per heavy atom. The van der Waals surface area contributed by atoms with Crippen LogP contribution in [0.1, 0.15) is 36.9 Å². The molecule has 158 valence electrons. The summed E-state index contributed by atoms with van der Waals surface area (Å²) in [6.45, 7) is 7.23. The van der Waals surface area contributed by atoms with Crippen molar-refractivity contribution in [3.63, 3.8) is 0 Å². The summed E-state index contributed by atoms with van der Waals surface area (Å²) in [7, 11) is -3.58. The first-order chi connectivity index (χ1) is 14.3. The number of carbonyl (C=O) groups excluding carboxylic acids is 1. The van der Waals surface area contributed by atoms with Gasteiger partial charge in [-0.05, 0) is 63.2 Å². The van der Waals surface area contributed by atoms with Crippen molar-refractivity contribution in [2.45, 2.75) is 37.5 Å². The third kappa shape index (κ3) is 4.91. The molecule has 0 radical (unpaired) electrons. The van der Waals surface area contributed by atoms with Crippen LogP contribution in [0.15, 0.2) is 76.2 Å². The van der Waals surface area contributed by atoms with E-state index in [2.05, 4.69) is 31.0 Å². The zero-order valence-electron chi connectivity index (χ0n) is 17.3. The number of hydrogen-bond acceptors (Lipinski definition) is 5. The molecule has 3 aromatic rings. The van der Waals surface area contributed by atoms with Gasteiger partial charge in [-0.15, -0.1) is 0 Å². The molecule has 0 spiro atoms. The molecule has 30 heavy (non-hydrogen) atoms. The molecule has 0 aliphatic rings. The molecule has 0 saturated carbocycles. The SMILES string of the molecule is CCN(c1ccc(NC(=O)c2occc2CS(=O)(=O)c2ccccc2)cc1)C(C)C. The molecule has 1 amide bonds. The van der Waals surface area contributed by atoms with Crippen molar-refractivity contribution in [3.05, 3.63) is 78.3 Å². The van der Waals surface area contributed by atoms with Gasteiger partial charge in [-0.3, -0.25) is 4.79 Å². The van der Waals surface area contributed by atoms with E-state index in [1.807, 2.05) is 24.3 Å². The Morgan fingerprint density at radius 3 is 2.30 bits per heavy atom. The van der Waals surface area contributed by atoms with Crippen molar-refractivity contribution in [1.29, 1.82) is 0 Å². The molecule has 0 fully saturated rings. The zero-order valence-corrected chi connectivity index (χ0v) is 18.1. The van der Waals surface area contributed by atoms with Crippen molar-refractivity contribution in [1.82, 2.24) is 0 Å². The largest absolute Gasteiger partial charge is 0.459 e. The van der Waals surface area contributed by atoms with Crippen molar-refractivity contribution >= 4 is 27.1 Å². The Kier molecular flexibility index (Phi) is 6.62. The van der Waals surface area contributed by atoms with Crippen LogP contribution in [0.2, 0.25) is 0 Å². The Hall–Kier alpha value is -3.06. The van der Waals surface area contributed by atoms with E-state index in [9.17, 15) is 13.2 Å². The van der Waals surface area contributed by atoms with Gasteiger partial charge in [-0.2, -0.15) is 0 Å². The summed E-state index contributed by atoms with van der Waals surface area (Å²) in [4.78, 5) is 15.1. The van der Waals surface area contributed by atoms with Gasteiger partial charge >= 0.3 is 0 Å². The molecule has 1 N–H and O–H groups in total. The van der Waals surface area contributed by atoms with Crippen molar-refractivity contribution in [3.8, 4) is 0 Å². The fourth-order valence-electron chi connectivity index (χ4n) is 3.33. The number of nitrogens with one attached hydrogen (secondary N) is 1. The van der Waals surface area contributed by atoms with E-state index in [1.165, 1.54) is 24.5 Å². The number of amides is 1. The molecular formula is C23H26N2O4S. The molecule has 0 bridgehead atoms. The summed E-state index contributed by atoms with van der Waals surface area (Å²) in [6.07, 6.45) is 1.33. The smallest absolute Gasteiger partial charge is 0.291 e. The maximum absolute atomic E-state index is 12.7. The van der Waals surface area contributed by atoms with Gasteiger partial charge in [-0.1, -0.05) is 18.2 Å². The van der Waals surface area contributed by atoms with Crippen molar-refractivity contribution in [2.75, 3.05) is 16.8 Å². The molecular weight excluding hydrogens is 400 g/mol. The molecule has 1 aromatic heterocycles. The van der Waals surface area contributed by atoms with E-state index in [0.29, 0.717) is 17.3 Å². The minimum absolute atomic E-state index is 0.00375. The number of nitrogens with zero attached hydrogens (tertiary/aromatic N) is 1. The Bertz CT molecular complexity index is 1090. The molecule has 0 aliphatic heterocycles. The number of benzene rings is 2. The number of rotatable bonds is 8. The lowest BCUT2D eigenvalue weighted by Gasteiger charge is -2.27. The molecule has 0 unspecified atom stereocenters. The third-order valence-electron chi connectivity index (χ3n) is 4.82. The lowest BCUT2D eigenvalue weighted by atomic mass is 10.2. The fourth-order valence-corrected chi connectivity index (χ4v) is 4.71. The lowest BCUT2D eigenvalue weighted by molar-refractivity contribution is 0.0996. The summed E-state index contributed by atoms with van der Waals surface area (Å²) in [5.74, 6) is -0.798. The summed E-state index contributed by atoms with van der Waals surface area (Å²) in [6, 6.07) is 17.6. The van der Waals surface area contributed by atoms with Gasteiger partial charge in [0.1, 0.15) is 0 Å². The third-order valence-corrected chi connectivity index (χ3v) is 6.50. The zero-order chi connectivity index (χ0) is 21.7. The van der Waals surface area contributed by atoms with Crippen molar-refractivity contribution in [2.24, 2.45) is 0 Å². The number of anilines is 2. The summed E-state index contributed by atoms with van der Waals surface area (Å²) >= 11 is 0. The van der Waals surface area contributed by atoms with Gasteiger partial charge < -0.3 is 14.6 Å². The van der Waals surface area contributed by atoms with Crippen molar-refractivity contribution < 1.29 is 17.6 Å². The van der Waals surface area contributed by atoms with E-state index >= 15 is 0 Å². The van der Waals surface area contributed by atoms with Crippen LogP contribution in [-0.4, -0.2) is 26.9 Å². The van der Waals surface area contributed by atoms with Gasteiger partial charge in [-0.25, -0.2) is 8.42 Å². The Labute approximate surface area is 177 Å². The average molecular weight is 427 g/mol. The second-order valence-corrected chi connectivity index (χ2v) is 9.22. The molecule has 7 heteroatoms. The highest BCUT2D eigenvalue weighted by Gasteiger charge is 2.22. The highest BCUT2D eigenvalue weighted by atomic mass is 32.2. The second kappa shape index (κ2) is 9.17. The quantitative estimate of drug-likeness (QED) is 0.563. The van der Waals surface area contributed by atoms with Gasteiger partial charge in [0.05, 0.1) is 16.9 Å². The molecule has 2 aromatic carbocycles. The molecule has 3 rings (SSSR count). The highest BCUT2D eigenvalue weighted by molar-refractivity contribution is 7.90. The number of furan rings is 1. The van der Waals surface area contributed by atoms with Gasteiger partial charge in [0.15, 0.2) is 15.6 Å². The highest BCUT2D eigenvalue weighted by Crippen LogP contribution is 2.23. The van der Waals surface area contributed by atoms with Gasteiger partial charge in [0, 0.05) is 29.5 Å². The summed E-state index contributed by atoms with van der Waals surface area (Å²) in [5, 5.41) is 2.78. The van der Waals surface area contributed by atoms with E-state index < -0.39 is 15.7 Å². The van der Waals surface area contributed by atoms with E-state index in [0.717, 1.165) is 12.2 Å². The Morgan fingerprint density at radius 2 is 1.70 bits per heavy atom. The molecule has 6 nitrogen and oxygen atoms in total. The minimum Gasteiger partial charge on any atom is -0.459 e. The summed E-state index contributed by atoms with van der Waals surface area (Å²) < 4.78 is 30.6. The number of carbonyl (C=O) groups is 1. The first-order valence-electron chi connectivity index (χ1n) is 9.84. The maximum atomic E-state index is 12.7. The minimum atomic E-state index is -3.58. The normalized spacial score (nSPS) is 11.5. The first kappa shape index (κ1) is 21.6. The predicted octanol–water partition coefficient (Wildman–Crippen LogP) is 4.74. The monoisotopic (exact) mass is 426 g/mol. The van der Waals surface area contributed by atoms with Crippen LogP contribution in [0, 0.1) is 0 Å². The van der Waals surface area contributed by atoms with Crippen LogP contribution < -0.4 is 10.2 Å².